The first-order valence-corrected chi connectivity index (χ1v) is 13.0. The number of carbonyl (C=O) groups excluding carboxylic acids is 1. The highest BCUT2D eigenvalue weighted by Gasteiger charge is 2.34. The van der Waals surface area contributed by atoms with E-state index >= 15 is 0 Å². The number of unbranched alkanes of at least 4 members (excludes halogenated alkanes) is 1. The number of fused-ring (bicyclic) bond motifs is 2. The van der Waals surface area contributed by atoms with Crippen molar-refractivity contribution in [1.29, 1.82) is 0 Å². The Hall–Kier alpha value is -3.78. The molecule has 1 N–H and O–H groups in total. The molecule has 2 aliphatic heterocycles. The van der Waals surface area contributed by atoms with Gasteiger partial charge in [0.15, 0.2) is 22.8 Å². The highest BCUT2D eigenvalue weighted by atomic mass is 32.2. The maximum atomic E-state index is 13.2. The summed E-state index contributed by atoms with van der Waals surface area (Å²) in [5.74, 6) is 1.95. The van der Waals surface area contributed by atoms with E-state index in [1.165, 1.54) is 0 Å². The molecule has 0 saturated heterocycles. The number of ether oxygens (including phenoxy) is 2. The summed E-state index contributed by atoms with van der Waals surface area (Å²) < 4.78 is 11.7. The van der Waals surface area contributed by atoms with Crippen molar-refractivity contribution < 1.29 is 14.3 Å². The lowest BCUT2D eigenvalue weighted by atomic mass is 10.1. The molecule has 0 unspecified atom stereocenters. The van der Waals surface area contributed by atoms with Crippen LogP contribution in [-0.4, -0.2) is 28.9 Å². The van der Waals surface area contributed by atoms with Gasteiger partial charge in [-0.25, -0.2) is 5.01 Å². The Bertz CT molecular complexity index is 1410. The van der Waals surface area contributed by atoms with Crippen molar-refractivity contribution in [1.82, 2.24) is 10.3 Å². The number of nitrogens with one attached hydrogen (secondary N) is 1. The first-order chi connectivity index (χ1) is 17.7. The highest BCUT2D eigenvalue weighted by molar-refractivity contribution is 8.13. The fraction of sp³-hybridized carbons (Fsp3) is 0.250. The molecule has 184 valence electrons. The lowest BCUT2D eigenvalue weighted by Gasteiger charge is -2.34. The molecule has 0 spiro atoms. The van der Waals surface area contributed by atoms with E-state index in [9.17, 15) is 4.79 Å². The van der Waals surface area contributed by atoms with E-state index in [0.717, 1.165) is 40.3 Å². The summed E-state index contributed by atoms with van der Waals surface area (Å²) in [6, 6.07) is 23.4. The van der Waals surface area contributed by atoms with Crippen LogP contribution in [0.1, 0.15) is 37.1 Å². The zero-order valence-corrected chi connectivity index (χ0v) is 21.1. The van der Waals surface area contributed by atoms with Crippen molar-refractivity contribution >= 4 is 28.5 Å². The first-order valence-electron chi connectivity index (χ1n) is 12.0. The lowest BCUT2D eigenvalue weighted by Crippen LogP contribution is -2.50. The van der Waals surface area contributed by atoms with Crippen LogP contribution in [0, 0.1) is 0 Å². The predicted molar refractivity (Wildman–Crippen MR) is 142 cm³/mol. The summed E-state index contributed by atoms with van der Waals surface area (Å²) in [6.45, 7) is 2.58. The van der Waals surface area contributed by atoms with Gasteiger partial charge < -0.3 is 9.47 Å². The molecule has 8 heteroatoms. The number of carbonyl (C=O) groups is 1. The van der Waals surface area contributed by atoms with Crippen LogP contribution in [0.3, 0.4) is 0 Å². The minimum absolute atomic E-state index is 0.175. The minimum atomic E-state index is -0.514. The van der Waals surface area contributed by atoms with E-state index in [1.807, 2.05) is 72.8 Å². The number of amides is 1. The summed E-state index contributed by atoms with van der Waals surface area (Å²) in [5, 5.41) is 11.6. The number of para-hydroxylation sites is 1. The third kappa shape index (κ3) is 4.95. The Morgan fingerprint density at radius 3 is 2.64 bits per heavy atom. The SMILES string of the molecule is CCCCSC1=NN2C(=c3ccccc3=N[C@@H]2c2ccc(OCc3ccccc3)c(OC)c2)C(=O)N1. The van der Waals surface area contributed by atoms with Gasteiger partial charge in [0.1, 0.15) is 12.3 Å². The standard InChI is InChI=1S/C28H28N4O3S/c1-3-4-16-36-28-30-27(33)25-21-12-8-9-13-22(21)29-26(32(25)31-28)20-14-15-23(24(17-20)34-2)35-18-19-10-6-5-7-11-19/h5-15,17,26H,3-4,16,18H2,1-2H3,(H,30,31,33)/t26-/m0/s1. The van der Waals surface area contributed by atoms with Gasteiger partial charge in [0, 0.05) is 16.5 Å². The second-order valence-electron chi connectivity index (χ2n) is 8.46. The molecule has 1 atom stereocenters. The van der Waals surface area contributed by atoms with Gasteiger partial charge in [0.2, 0.25) is 0 Å². The number of rotatable bonds is 8. The van der Waals surface area contributed by atoms with Crippen LogP contribution in [0.15, 0.2) is 82.9 Å². The van der Waals surface area contributed by atoms with Gasteiger partial charge in [-0.2, -0.15) is 0 Å². The number of benzene rings is 3. The summed E-state index contributed by atoms with van der Waals surface area (Å²) in [5.41, 5.74) is 2.42. The lowest BCUT2D eigenvalue weighted by molar-refractivity contribution is -0.116. The molecule has 0 aliphatic carbocycles. The van der Waals surface area contributed by atoms with Crippen molar-refractivity contribution in [3.63, 3.8) is 0 Å². The van der Waals surface area contributed by atoms with E-state index in [-0.39, 0.29) is 5.91 Å². The third-order valence-corrected chi connectivity index (χ3v) is 6.93. The molecule has 0 saturated carbocycles. The van der Waals surface area contributed by atoms with E-state index in [2.05, 4.69) is 12.2 Å². The maximum absolute atomic E-state index is 13.2. The predicted octanol–water partition coefficient (Wildman–Crippen LogP) is 3.95. The Kier molecular flexibility index (Phi) is 7.23. The summed E-state index contributed by atoms with van der Waals surface area (Å²) >= 11 is 1.55. The largest absolute Gasteiger partial charge is 0.493 e. The zero-order valence-electron chi connectivity index (χ0n) is 20.3. The van der Waals surface area contributed by atoms with Crippen LogP contribution in [0.25, 0.3) is 5.70 Å². The van der Waals surface area contributed by atoms with Gasteiger partial charge in [-0.15, -0.1) is 5.10 Å². The third-order valence-electron chi connectivity index (χ3n) is 5.98. The number of methoxy groups -OCH3 is 1. The fourth-order valence-electron chi connectivity index (χ4n) is 4.12. The van der Waals surface area contributed by atoms with E-state index in [4.69, 9.17) is 19.6 Å². The molecular formula is C28H28N4O3S. The van der Waals surface area contributed by atoms with Gasteiger partial charge >= 0.3 is 0 Å². The van der Waals surface area contributed by atoms with E-state index < -0.39 is 6.17 Å². The Morgan fingerprint density at radius 2 is 1.83 bits per heavy atom. The molecular weight excluding hydrogens is 472 g/mol. The van der Waals surface area contributed by atoms with Crippen molar-refractivity contribution in [3.05, 3.63) is 94.5 Å². The smallest absolute Gasteiger partial charge is 0.276 e. The summed E-state index contributed by atoms with van der Waals surface area (Å²) in [6.07, 6.45) is 1.62. The van der Waals surface area contributed by atoms with Crippen LogP contribution >= 0.6 is 11.8 Å². The van der Waals surface area contributed by atoms with Gasteiger partial charge in [-0.1, -0.05) is 79.7 Å². The van der Waals surface area contributed by atoms with Gasteiger partial charge in [-0.3, -0.25) is 15.1 Å². The molecule has 2 aliphatic rings. The van der Waals surface area contributed by atoms with Crippen molar-refractivity contribution in [3.8, 4) is 11.5 Å². The molecule has 0 aromatic heterocycles. The normalized spacial score (nSPS) is 16.3. The minimum Gasteiger partial charge on any atom is -0.493 e. The fourth-order valence-corrected chi connectivity index (χ4v) is 5.06. The van der Waals surface area contributed by atoms with E-state index in [0.29, 0.717) is 29.0 Å². The zero-order chi connectivity index (χ0) is 24.9. The Morgan fingerprint density at radius 1 is 1.03 bits per heavy atom. The molecule has 7 nitrogen and oxygen atoms in total. The number of hydrazone groups is 1. The second kappa shape index (κ2) is 10.9. The number of nitrogens with zero attached hydrogens (tertiary/aromatic N) is 3. The molecule has 0 fully saturated rings. The van der Waals surface area contributed by atoms with Crippen LogP contribution in [0.4, 0.5) is 0 Å². The Labute approximate surface area is 214 Å². The number of hydrogen-bond donors (Lipinski definition) is 1. The molecule has 36 heavy (non-hydrogen) atoms. The van der Waals surface area contributed by atoms with Crippen LogP contribution in [0.5, 0.6) is 11.5 Å². The summed E-state index contributed by atoms with van der Waals surface area (Å²) in [7, 11) is 1.62. The van der Waals surface area contributed by atoms with E-state index in [1.54, 1.807) is 23.9 Å². The van der Waals surface area contributed by atoms with Gasteiger partial charge in [0.05, 0.1) is 12.5 Å². The van der Waals surface area contributed by atoms with Gasteiger partial charge in [0.25, 0.3) is 5.91 Å². The highest BCUT2D eigenvalue weighted by Crippen LogP contribution is 2.36. The monoisotopic (exact) mass is 500 g/mol. The molecule has 2 heterocycles. The van der Waals surface area contributed by atoms with Crippen LogP contribution in [0.2, 0.25) is 0 Å². The molecule has 0 radical (unpaired) electrons. The number of thioether (sulfide) groups is 1. The molecule has 3 aromatic rings. The maximum Gasteiger partial charge on any atom is 0.276 e. The average Bonchev–Trinajstić information content (AvgIpc) is 2.92. The van der Waals surface area contributed by atoms with Crippen molar-refractivity contribution in [2.24, 2.45) is 10.1 Å². The number of amidine groups is 1. The van der Waals surface area contributed by atoms with Crippen LogP contribution in [-0.2, 0) is 11.4 Å². The number of hydrogen-bond acceptors (Lipinski definition) is 7. The molecule has 3 aromatic carbocycles. The van der Waals surface area contributed by atoms with Crippen LogP contribution < -0.4 is 25.4 Å². The first kappa shape index (κ1) is 23.9. The van der Waals surface area contributed by atoms with Crippen molar-refractivity contribution in [2.45, 2.75) is 32.5 Å². The molecule has 0 bridgehead atoms. The van der Waals surface area contributed by atoms with Crippen molar-refractivity contribution in [2.75, 3.05) is 12.9 Å². The molecule has 1 amide bonds. The topological polar surface area (TPSA) is 75.5 Å². The molecule has 5 rings (SSSR count). The average molecular weight is 501 g/mol. The Balaban J connectivity index is 1.51. The second-order valence-corrected chi connectivity index (χ2v) is 9.54. The summed E-state index contributed by atoms with van der Waals surface area (Å²) in [4.78, 5) is 18.2. The van der Waals surface area contributed by atoms with Gasteiger partial charge in [-0.05, 0) is 30.2 Å². The quantitative estimate of drug-likeness (QED) is 0.474.